The number of likely N-dealkylation sites (tertiary alicyclic amines) is 1. The summed E-state index contributed by atoms with van der Waals surface area (Å²) < 4.78 is 0. The topological polar surface area (TPSA) is 420 Å². The average molecular weight is 1100 g/mol. The van der Waals surface area contributed by atoms with Crippen molar-refractivity contribution >= 4 is 65.0 Å². The predicted molar refractivity (Wildman–Crippen MR) is 281 cm³/mol. The summed E-state index contributed by atoms with van der Waals surface area (Å²) in [4.78, 5) is 147. The zero-order chi connectivity index (χ0) is 58.6. The monoisotopic (exact) mass is 1100 g/mol. The SMILES string of the molecule is CC[C@H](C)[C@H](NC(=O)[C@H](CC(N)=O)NC(=O)[C@H](C)NC(=O)CNC(=O)[C@@H](NC(=O)[C@@H]1CCCN1C(=O)[C@@H](N)Cc1ccccc1)[C@@H](C)O)C(=O)N[C@H](C(=O)N[C@@H](Cc1ccc(O)cc1)C(=O)N[C@H](C(=O)O)[C@@H](C)O)[C@@H](C)CC. The second-order valence-electron chi connectivity index (χ2n) is 19.7. The van der Waals surface area contributed by atoms with Crippen LogP contribution in [0.5, 0.6) is 5.75 Å². The zero-order valence-electron chi connectivity index (χ0n) is 44.9. The van der Waals surface area contributed by atoms with Crippen molar-refractivity contribution in [3.05, 3.63) is 65.7 Å². The van der Waals surface area contributed by atoms with Crippen molar-refractivity contribution in [1.82, 2.24) is 47.4 Å². The minimum absolute atomic E-state index is 0.0892. The molecule has 78 heavy (non-hydrogen) atoms. The van der Waals surface area contributed by atoms with Crippen molar-refractivity contribution in [2.24, 2.45) is 23.3 Å². The number of benzene rings is 2. The molecule has 1 saturated heterocycles. The number of nitrogens with zero attached hydrogens (tertiary/aromatic N) is 1. The summed E-state index contributed by atoms with van der Waals surface area (Å²) in [6.07, 6.45) is -2.42. The first-order chi connectivity index (χ1) is 36.7. The van der Waals surface area contributed by atoms with E-state index in [4.69, 9.17) is 11.5 Å². The number of amides is 10. The van der Waals surface area contributed by atoms with Gasteiger partial charge in [-0.05, 0) is 75.1 Å². The number of aliphatic hydroxyl groups excluding tert-OH is 2. The highest BCUT2D eigenvalue weighted by atomic mass is 16.4. The smallest absolute Gasteiger partial charge is 0.328 e. The van der Waals surface area contributed by atoms with E-state index >= 15 is 0 Å². The van der Waals surface area contributed by atoms with E-state index < -0.39 is 156 Å². The molecule has 1 aliphatic heterocycles. The molecule has 0 aromatic heterocycles. The van der Waals surface area contributed by atoms with E-state index in [1.807, 2.05) is 30.3 Å². The molecule has 1 aliphatic rings. The number of phenols is 1. The Hall–Kier alpha value is -7.71. The van der Waals surface area contributed by atoms with Crippen LogP contribution in [0, 0.1) is 11.8 Å². The maximum atomic E-state index is 14.2. The fourth-order valence-corrected chi connectivity index (χ4v) is 8.35. The van der Waals surface area contributed by atoms with E-state index in [2.05, 4.69) is 42.5 Å². The lowest BCUT2D eigenvalue weighted by atomic mass is 9.94. The normalized spacial score (nSPS) is 17.7. The van der Waals surface area contributed by atoms with Gasteiger partial charge in [0.05, 0.1) is 31.2 Å². The first-order valence-corrected chi connectivity index (χ1v) is 25.8. The Kier molecular flexibility index (Phi) is 25.6. The van der Waals surface area contributed by atoms with Crippen LogP contribution in [0.2, 0.25) is 0 Å². The summed E-state index contributed by atoms with van der Waals surface area (Å²) in [5, 5.41) is 59.2. The quantitative estimate of drug-likeness (QED) is 0.0367. The molecule has 26 heteroatoms. The third-order valence-corrected chi connectivity index (χ3v) is 13.4. The van der Waals surface area contributed by atoms with E-state index in [1.165, 1.54) is 43.0 Å². The second-order valence-corrected chi connectivity index (χ2v) is 19.7. The van der Waals surface area contributed by atoms with Gasteiger partial charge >= 0.3 is 5.97 Å². The molecule has 3 rings (SSSR count). The predicted octanol–water partition coefficient (Wildman–Crippen LogP) is -3.16. The second kappa shape index (κ2) is 30.9. The van der Waals surface area contributed by atoms with E-state index in [-0.39, 0.29) is 38.0 Å². The number of hydrogen-bond donors (Lipinski definition) is 14. The van der Waals surface area contributed by atoms with Gasteiger partial charge in [0, 0.05) is 13.0 Å². The molecular weight excluding hydrogens is 1020 g/mol. The molecular formula is C52H77N11O15. The summed E-state index contributed by atoms with van der Waals surface area (Å²) in [6, 6.07) is 2.06. The van der Waals surface area contributed by atoms with Gasteiger partial charge in [0.1, 0.15) is 48.0 Å². The first-order valence-electron chi connectivity index (χ1n) is 25.8. The van der Waals surface area contributed by atoms with Crippen LogP contribution in [0.4, 0.5) is 0 Å². The van der Waals surface area contributed by atoms with Crippen molar-refractivity contribution < 1.29 is 73.2 Å². The van der Waals surface area contributed by atoms with Crippen LogP contribution in [0.3, 0.4) is 0 Å². The van der Waals surface area contributed by atoms with Gasteiger partial charge in [-0.25, -0.2) is 4.79 Å². The van der Waals surface area contributed by atoms with E-state index in [0.717, 1.165) is 12.5 Å². The van der Waals surface area contributed by atoms with Crippen molar-refractivity contribution in [3.63, 3.8) is 0 Å². The zero-order valence-corrected chi connectivity index (χ0v) is 44.9. The lowest BCUT2D eigenvalue weighted by Gasteiger charge is -2.31. The van der Waals surface area contributed by atoms with Crippen molar-refractivity contribution in [2.75, 3.05) is 13.1 Å². The molecule has 0 saturated carbocycles. The van der Waals surface area contributed by atoms with E-state index in [0.29, 0.717) is 18.4 Å². The minimum atomic E-state index is -1.75. The Morgan fingerprint density at radius 1 is 0.615 bits per heavy atom. The number of aliphatic hydroxyl groups is 2. The molecule has 0 radical (unpaired) electrons. The number of aliphatic carboxylic acids is 1. The number of nitrogens with two attached hydrogens (primary N) is 2. The van der Waals surface area contributed by atoms with Crippen LogP contribution in [0.1, 0.15) is 91.7 Å². The summed E-state index contributed by atoms with van der Waals surface area (Å²) >= 11 is 0. The number of phenolic OH excluding ortho intramolecular Hbond substituents is 1. The highest BCUT2D eigenvalue weighted by Crippen LogP contribution is 2.20. The molecule has 1 heterocycles. The molecule has 0 spiro atoms. The molecule has 16 N–H and O–H groups in total. The first kappa shape index (κ1) is 64.6. The maximum absolute atomic E-state index is 14.2. The standard InChI is InChI=1S/C52H77N11O15/c1-8-26(3)40(49(74)58-35(23-32-17-19-33(66)20-18-32)45(70)62-43(30(7)65)52(77)78)60-50(75)41(27(4)9-2)59-46(71)36(24-38(54)67)57-44(69)28(5)56-39(68)25-55-48(73)42(29(6)64)61-47(72)37-16-13-21-63(37)51(76)34(53)22-31-14-11-10-12-15-31/h10-12,14-15,17-20,26-30,34-37,40-43,64-66H,8-9,13,16,21-25,53H2,1-7H3,(H2,54,67)(H,55,73)(H,56,68)(H,57,69)(H,58,74)(H,59,71)(H,60,75)(H,61,72)(H,62,70)(H,77,78)/t26-,27-,28-,29+,30+,34-,35-,36-,37-,40-,41-,42-,43-/m0/s1. The van der Waals surface area contributed by atoms with Crippen LogP contribution in [-0.2, 0) is 65.6 Å². The number of hydrogen-bond acceptors (Lipinski definition) is 15. The molecule has 13 atom stereocenters. The van der Waals surface area contributed by atoms with Gasteiger partial charge in [-0.3, -0.25) is 47.9 Å². The molecule has 0 unspecified atom stereocenters. The Balaban J connectivity index is 1.68. The highest BCUT2D eigenvalue weighted by molar-refractivity contribution is 5.99. The van der Waals surface area contributed by atoms with Gasteiger partial charge in [-0.1, -0.05) is 83.0 Å². The van der Waals surface area contributed by atoms with Gasteiger partial charge in [0.25, 0.3) is 0 Å². The van der Waals surface area contributed by atoms with Gasteiger partial charge in [-0.15, -0.1) is 0 Å². The van der Waals surface area contributed by atoms with Crippen molar-refractivity contribution in [3.8, 4) is 5.75 Å². The minimum Gasteiger partial charge on any atom is -0.508 e. The molecule has 10 amide bonds. The lowest BCUT2D eigenvalue weighted by Crippen LogP contribution is -2.62. The third kappa shape index (κ3) is 19.7. The summed E-state index contributed by atoms with van der Waals surface area (Å²) in [7, 11) is 0. The number of carbonyl (C=O) groups excluding carboxylic acids is 10. The molecule has 0 bridgehead atoms. The molecule has 430 valence electrons. The molecule has 1 fully saturated rings. The summed E-state index contributed by atoms with van der Waals surface area (Å²) in [5.74, 6) is -11.8. The number of carboxylic acid groups (broad SMARTS) is 1. The molecule has 2 aromatic rings. The largest absolute Gasteiger partial charge is 0.508 e. The van der Waals surface area contributed by atoms with Gasteiger partial charge in [0.15, 0.2) is 6.04 Å². The van der Waals surface area contributed by atoms with Crippen molar-refractivity contribution in [2.45, 2.75) is 160 Å². The number of nitrogens with one attached hydrogen (secondary N) is 8. The Morgan fingerprint density at radius 3 is 1.67 bits per heavy atom. The van der Waals surface area contributed by atoms with Crippen molar-refractivity contribution in [1.29, 1.82) is 0 Å². The Labute approximate surface area is 452 Å². The van der Waals surface area contributed by atoms with Crippen LogP contribution in [0.25, 0.3) is 0 Å². The summed E-state index contributed by atoms with van der Waals surface area (Å²) in [6.45, 7) is 9.75. The number of carboxylic acids is 1. The van der Waals surface area contributed by atoms with Gasteiger partial charge < -0.3 is 79.3 Å². The van der Waals surface area contributed by atoms with E-state index in [1.54, 1.807) is 27.7 Å². The van der Waals surface area contributed by atoms with Crippen LogP contribution in [-0.4, -0.2) is 170 Å². The number of aromatic hydroxyl groups is 1. The average Bonchev–Trinajstić information content (AvgIpc) is 3.89. The summed E-state index contributed by atoms with van der Waals surface area (Å²) in [5.41, 5.74) is 12.9. The van der Waals surface area contributed by atoms with Crippen LogP contribution >= 0.6 is 0 Å². The van der Waals surface area contributed by atoms with Crippen LogP contribution in [0.15, 0.2) is 54.6 Å². The number of rotatable bonds is 30. The highest BCUT2D eigenvalue weighted by Gasteiger charge is 2.40. The third-order valence-electron chi connectivity index (χ3n) is 13.4. The lowest BCUT2D eigenvalue weighted by molar-refractivity contribution is -0.145. The fourth-order valence-electron chi connectivity index (χ4n) is 8.35. The van der Waals surface area contributed by atoms with Crippen LogP contribution < -0.4 is 54.0 Å². The molecule has 2 aromatic carbocycles. The van der Waals surface area contributed by atoms with Gasteiger partial charge in [0.2, 0.25) is 59.1 Å². The number of primary amides is 1. The molecule has 0 aliphatic carbocycles. The Morgan fingerprint density at radius 2 is 1.13 bits per heavy atom. The Bertz CT molecular complexity index is 2430. The number of carbonyl (C=O) groups is 11. The fraction of sp³-hybridized carbons (Fsp3) is 0.558. The van der Waals surface area contributed by atoms with Gasteiger partial charge in [-0.2, -0.15) is 0 Å². The van der Waals surface area contributed by atoms with E-state index in [9.17, 15) is 73.2 Å². The maximum Gasteiger partial charge on any atom is 0.328 e. The molecule has 26 nitrogen and oxygen atoms in total.